The van der Waals surface area contributed by atoms with Crippen molar-refractivity contribution in [3.05, 3.63) is 34.4 Å². The molecule has 1 aromatic carbocycles. The number of rotatable bonds is 3. The van der Waals surface area contributed by atoms with E-state index in [1.54, 1.807) is 0 Å². The van der Waals surface area contributed by atoms with Crippen LogP contribution >= 0.6 is 24.0 Å². The molecule has 1 aromatic rings. The lowest BCUT2D eigenvalue weighted by atomic mass is 9.99. The molecule has 0 aliphatic carbocycles. The Balaban J connectivity index is 0.00000242. The summed E-state index contributed by atoms with van der Waals surface area (Å²) in [5, 5.41) is 2.61. The minimum Gasteiger partial charge on any atom is -0.314 e. The summed E-state index contributed by atoms with van der Waals surface area (Å²) in [5.74, 6) is -2.13. The van der Waals surface area contributed by atoms with Crippen LogP contribution in [-0.4, -0.2) is 37.3 Å². The maximum atomic E-state index is 14.1. The Morgan fingerprint density at radius 2 is 1.77 bits per heavy atom. The second-order valence-electron chi connectivity index (χ2n) is 4.88. The summed E-state index contributed by atoms with van der Waals surface area (Å²) >= 11 is 5.59. The highest BCUT2D eigenvalue weighted by molar-refractivity contribution is 6.30. The topological polar surface area (TPSA) is 15.3 Å². The van der Waals surface area contributed by atoms with E-state index >= 15 is 0 Å². The van der Waals surface area contributed by atoms with Gasteiger partial charge in [0, 0.05) is 37.8 Å². The van der Waals surface area contributed by atoms with Crippen molar-refractivity contribution in [2.45, 2.75) is 18.6 Å². The van der Waals surface area contributed by atoms with E-state index in [2.05, 4.69) is 5.32 Å². The first-order chi connectivity index (χ1) is 9.79. The van der Waals surface area contributed by atoms with Crippen molar-refractivity contribution in [1.29, 1.82) is 0 Å². The minimum atomic E-state index is -4.53. The predicted molar refractivity (Wildman–Crippen MR) is 76.5 cm³/mol. The molecule has 1 saturated heterocycles. The zero-order valence-electron chi connectivity index (χ0n) is 11.4. The zero-order valence-corrected chi connectivity index (χ0v) is 13.0. The van der Waals surface area contributed by atoms with Crippen LogP contribution in [0.25, 0.3) is 0 Å². The maximum Gasteiger partial charge on any atom is 0.390 e. The standard InChI is InChI=1S/C13H14ClF5N2.ClH/c14-8-1-2-9(15)11(12(8)16)10(7-13(17,18)19)21-5-3-20-4-6-21;/h1-2,10,20H,3-7H2;1H/t10-;/m0./s1. The van der Waals surface area contributed by atoms with Crippen molar-refractivity contribution in [1.82, 2.24) is 10.2 Å². The molecule has 9 heteroatoms. The molecule has 2 rings (SSSR count). The third kappa shape index (κ3) is 4.68. The first kappa shape index (κ1) is 19.4. The average molecular weight is 365 g/mol. The van der Waals surface area contributed by atoms with Crippen LogP contribution in [0.1, 0.15) is 18.0 Å². The van der Waals surface area contributed by atoms with Crippen LogP contribution in [0.15, 0.2) is 12.1 Å². The highest BCUT2D eigenvalue weighted by Gasteiger charge is 2.38. The van der Waals surface area contributed by atoms with Crippen molar-refractivity contribution >= 4 is 24.0 Å². The second kappa shape index (κ2) is 7.77. The van der Waals surface area contributed by atoms with Gasteiger partial charge in [-0.15, -0.1) is 12.4 Å². The lowest BCUT2D eigenvalue weighted by Gasteiger charge is -2.36. The van der Waals surface area contributed by atoms with Crippen LogP contribution in [0, 0.1) is 11.6 Å². The molecular formula is C13H15Cl2F5N2. The van der Waals surface area contributed by atoms with Gasteiger partial charge in [0.2, 0.25) is 0 Å². The number of halogens is 7. The third-order valence-corrected chi connectivity index (χ3v) is 3.72. The smallest absolute Gasteiger partial charge is 0.314 e. The first-order valence-corrected chi connectivity index (χ1v) is 6.82. The Labute approximate surface area is 136 Å². The van der Waals surface area contributed by atoms with Gasteiger partial charge < -0.3 is 5.32 Å². The molecule has 0 amide bonds. The van der Waals surface area contributed by atoms with Gasteiger partial charge >= 0.3 is 6.18 Å². The molecule has 0 spiro atoms. The Morgan fingerprint density at radius 1 is 1.18 bits per heavy atom. The lowest BCUT2D eigenvalue weighted by Crippen LogP contribution is -2.46. The molecule has 1 heterocycles. The Morgan fingerprint density at radius 3 is 2.32 bits per heavy atom. The van der Waals surface area contributed by atoms with Gasteiger partial charge in [-0.05, 0) is 12.1 Å². The van der Waals surface area contributed by atoms with Crippen molar-refractivity contribution < 1.29 is 22.0 Å². The summed E-state index contributed by atoms with van der Waals surface area (Å²) in [7, 11) is 0. The Bertz CT molecular complexity index is 504. The molecule has 126 valence electrons. The zero-order chi connectivity index (χ0) is 15.6. The van der Waals surface area contributed by atoms with Crippen LogP contribution in [0.2, 0.25) is 5.02 Å². The van der Waals surface area contributed by atoms with E-state index in [4.69, 9.17) is 11.6 Å². The molecule has 1 N–H and O–H groups in total. The van der Waals surface area contributed by atoms with Crippen molar-refractivity contribution in [3.8, 4) is 0 Å². The molecule has 1 atom stereocenters. The van der Waals surface area contributed by atoms with Crippen LogP contribution in [0.5, 0.6) is 0 Å². The van der Waals surface area contributed by atoms with Crippen LogP contribution in [0.4, 0.5) is 22.0 Å². The van der Waals surface area contributed by atoms with E-state index in [9.17, 15) is 22.0 Å². The van der Waals surface area contributed by atoms with E-state index in [0.717, 1.165) is 12.1 Å². The summed E-state index contributed by atoms with van der Waals surface area (Å²) in [6, 6.07) is 0.482. The van der Waals surface area contributed by atoms with E-state index in [1.165, 1.54) is 4.90 Å². The normalized spacial score (nSPS) is 17.9. The first-order valence-electron chi connectivity index (χ1n) is 6.44. The number of hydrogen-bond acceptors (Lipinski definition) is 2. The van der Waals surface area contributed by atoms with E-state index in [1.807, 2.05) is 0 Å². The summed E-state index contributed by atoms with van der Waals surface area (Å²) in [6.45, 7) is 1.51. The van der Waals surface area contributed by atoms with Gasteiger partial charge in [-0.1, -0.05) is 11.6 Å². The van der Waals surface area contributed by atoms with Crippen LogP contribution in [-0.2, 0) is 0 Å². The predicted octanol–water partition coefficient (Wildman–Crippen LogP) is 3.94. The summed E-state index contributed by atoms with van der Waals surface area (Å²) in [5.41, 5.74) is -0.610. The Kier molecular flexibility index (Phi) is 6.85. The Hall–Kier alpha value is -0.630. The monoisotopic (exact) mass is 364 g/mol. The SMILES string of the molecule is Cl.Fc1ccc(Cl)c(F)c1[C@H](CC(F)(F)F)N1CCNCC1. The summed E-state index contributed by atoms with van der Waals surface area (Å²) in [4.78, 5) is 1.43. The third-order valence-electron chi connectivity index (χ3n) is 3.43. The van der Waals surface area contributed by atoms with Crippen molar-refractivity contribution in [3.63, 3.8) is 0 Å². The molecule has 0 saturated carbocycles. The van der Waals surface area contributed by atoms with Gasteiger partial charge in [-0.2, -0.15) is 13.2 Å². The van der Waals surface area contributed by atoms with Crippen LogP contribution in [0.3, 0.4) is 0 Å². The summed E-state index contributed by atoms with van der Waals surface area (Å²) < 4.78 is 66.3. The highest BCUT2D eigenvalue weighted by Crippen LogP contribution is 2.37. The molecule has 1 aliphatic rings. The van der Waals surface area contributed by atoms with Gasteiger partial charge in [-0.25, -0.2) is 8.78 Å². The largest absolute Gasteiger partial charge is 0.390 e. The molecule has 22 heavy (non-hydrogen) atoms. The van der Waals surface area contributed by atoms with Gasteiger partial charge in [0.15, 0.2) is 0 Å². The molecule has 0 radical (unpaired) electrons. The quantitative estimate of drug-likeness (QED) is 0.645. The van der Waals surface area contributed by atoms with E-state index < -0.39 is 35.8 Å². The van der Waals surface area contributed by atoms with E-state index in [0.29, 0.717) is 13.1 Å². The van der Waals surface area contributed by atoms with Gasteiger partial charge in [0.1, 0.15) is 11.6 Å². The number of nitrogens with zero attached hydrogens (tertiary/aromatic N) is 1. The van der Waals surface area contributed by atoms with Gasteiger partial charge in [-0.3, -0.25) is 4.90 Å². The molecule has 1 fully saturated rings. The number of hydrogen-bond donors (Lipinski definition) is 1. The average Bonchev–Trinajstić information content (AvgIpc) is 2.42. The number of benzene rings is 1. The number of alkyl halides is 3. The van der Waals surface area contributed by atoms with Gasteiger partial charge in [0.25, 0.3) is 0 Å². The number of nitrogens with one attached hydrogen (secondary N) is 1. The van der Waals surface area contributed by atoms with Gasteiger partial charge in [0.05, 0.1) is 11.4 Å². The summed E-state index contributed by atoms with van der Waals surface area (Å²) in [6.07, 6.45) is -5.85. The molecular weight excluding hydrogens is 350 g/mol. The van der Waals surface area contributed by atoms with Crippen molar-refractivity contribution in [2.24, 2.45) is 0 Å². The van der Waals surface area contributed by atoms with Crippen LogP contribution < -0.4 is 5.32 Å². The highest BCUT2D eigenvalue weighted by atomic mass is 35.5. The number of piperazine rings is 1. The molecule has 0 unspecified atom stereocenters. The molecule has 2 nitrogen and oxygen atoms in total. The van der Waals surface area contributed by atoms with Crippen molar-refractivity contribution in [2.75, 3.05) is 26.2 Å². The fourth-order valence-corrected chi connectivity index (χ4v) is 2.64. The molecule has 0 bridgehead atoms. The molecule has 0 aromatic heterocycles. The second-order valence-corrected chi connectivity index (χ2v) is 5.29. The molecule has 1 aliphatic heterocycles. The fourth-order valence-electron chi connectivity index (χ4n) is 2.47. The lowest BCUT2D eigenvalue weighted by molar-refractivity contribution is -0.149. The maximum absolute atomic E-state index is 14.1. The fraction of sp³-hybridized carbons (Fsp3) is 0.538. The van der Waals surface area contributed by atoms with E-state index in [-0.39, 0.29) is 30.5 Å². The minimum absolute atomic E-state index is 0.